The van der Waals surface area contributed by atoms with Crippen molar-refractivity contribution in [3.05, 3.63) is 65.2 Å². The molecule has 2 nitrogen and oxygen atoms in total. The number of nitrogens with one attached hydrogen (secondary N) is 1. The molecule has 0 amide bonds. The number of halogens is 5. The standard InChI is InChI=1S/C16H14F5NO/c1-22-15(10-2-4-12(18)5-3-10)11-6-13(19)8-14(7-11)23-16(20,21)9-17/h2-8,15,22H,9H2,1H3/t15-/m1/s1. The molecule has 0 spiro atoms. The van der Waals surface area contributed by atoms with Crippen LogP contribution in [0.3, 0.4) is 0 Å². The molecule has 7 heteroatoms. The molecule has 2 aromatic rings. The van der Waals surface area contributed by atoms with Crippen LogP contribution in [-0.2, 0) is 0 Å². The summed E-state index contributed by atoms with van der Waals surface area (Å²) in [4.78, 5) is 0. The summed E-state index contributed by atoms with van der Waals surface area (Å²) in [7, 11) is 1.58. The Morgan fingerprint density at radius 3 is 2.22 bits per heavy atom. The smallest absolute Gasteiger partial charge is 0.427 e. The van der Waals surface area contributed by atoms with Gasteiger partial charge in [0.15, 0.2) is 6.67 Å². The molecule has 1 N–H and O–H groups in total. The summed E-state index contributed by atoms with van der Waals surface area (Å²) in [6.45, 7) is -2.02. The van der Waals surface area contributed by atoms with E-state index >= 15 is 0 Å². The summed E-state index contributed by atoms with van der Waals surface area (Å²) in [5.41, 5.74) is 0.881. The summed E-state index contributed by atoms with van der Waals surface area (Å²) < 4.78 is 69.0. The minimum atomic E-state index is -4.03. The maximum Gasteiger partial charge on any atom is 0.427 e. The summed E-state index contributed by atoms with van der Waals surface area (Å²) in [5.74, 6) is -1.74. The van der Waals surface area contributed by atoms with Crippen molar-refractivity contribution >= 4 is 0 Å². The van der Waals surface area contributed by atoms with E-state index < -0.39 is 36.2 Å². The third-order valence-corrected chi connectivity index (χ3v) is 3.14. The van der Waals surface area contributed by atoms with Crippen molar-refractivity contribution in [1.29, 1.82) is 0 Å². The first-order valence-corrected chi connectivity index (χ1v) is 6.70. The van der Waals surface area contributed by atoms with Gasteiger partial charge in [-0.15, -0.1) is 0 Å². The third-order valence-electron chi connectivity index (χ3n) is 3.14. The molecule has 2 rings (SSSR count). The summed E-state index contributed by atoms with van der Waals surface area (Å²) in [5, 5.41) is 2.88. The molecular formula is C16H14F5NO. The van der Waals surface area contributed by atoms with E-state index in [1.807, 2.05) is 0 Å². The van der Waals surface area contributed by atoms with Crippen LogP contribution in [0, 0.1) is 11.6 Å². The van der Waals surface area contributed by atoms with Gasteiger partial charge in [-0.3, -0.25) is 0 Å². The van der Waals surface area contributed by atoms with Crippen molar-refractivity contribution in [2.45, 2.75) is 12.2 Å². The molecule has 0 unspecified atom stereocenters. The quantitative estimate of drug-likeness (QED) is 0.801. The van der Waals surface area contributed by atoms with Gasteiger partial charge in [0.05, 0.1) is 6.04 Å². The SMILES string of the molecule is CN[C@H](c1ccc(F)cc1)c1cc(F)cc(OC(F)(F)CF)c1. The Morgan fingerprint density at radius 2 is 1.65 bits per heavy atom. The maximum atomic E-state index is 13.7. The van der Waals surface area contributed by atoms with E-state index in [1.54, 1.807) is 7.05 Å². The monoisotopic (exact) mass is 331 g/mol. The summed E-state index contributed by atoms with van der Waals surface area (Å²) in [6.07, 6.45) is -4.03. The lowest BCUT2D eigenvalue weighted by Crippen LogP contribution is -2.27. The molecule has 0 aliphatic heterocycles. The largest absolute Gasteiger partial charge is 0.431 e. The van der Waals surface area contributed by atoms with Crippen molar-refractivity contribution in [1.82, 2.24) is 5.32 Å². The number of benzene rings is 2. The molecule has 0 radical (unpaired) electrons. The van der Waals surface area contributed by atoms with Gasteiger partial charge in [0.25, 0.3) is 0 Å². The van der Waals surface area contributed by atoms with Crippen LogP contribution in [0.1, 0.15) is 17.2 Å². The van der Waals surface area contributed by atoms with E-state index in [4.69, 9.17) is 0 Å². The van der Waals surface area contributed by atoms with Gasteiger partial charge >= 0.3 is 6.11 Å². The fraction of sp³-hybridized carbons (Fsp3) is 0.250. The molecule has 23 heavy (non-hydrogen) atoms. The Hall–Kier alpha value is -2.15. The van der Waals surface area contributed by atoms with Crippen molar-refractivity contribution < 1.29 is 26.7 Å². The van der Waals surface area contributed by atoms with Crippen molar-refractivity contribution in [2.75, 3.05) is 13.7 Å². The second-order valence-corrected chi connectivity index (χ2v) is 4.87. The third kappa shape index (κ3) is 4.41. The van der Waals surface area contributed by atoms with Crippen LogP contribution in [-0.4, -0.2) is 19.8 Å². The lowest BCUT2D eigenvalue weighted by Gasteiger charge is -2.20. The van der Waals surface area contributed by atoms with Gasteiger partial charge in [0.2, 0.25) is 0 Å². The summed E-state index contributed by atoms with van der Waals surface area (Å²) >= 11 is 0. The molecule has 124 valence electrons. The van der Waals surface area contributed by atoms with E-state index in [1.165, 1.54) is 30.3 Å². The Morgan fingerprint density at radius 1 is 1.00 bits per heavy atom. The predicted octanol–water partition coefficient (Wildman–Crippen LogP) is 4.21. The minimum absolute atomic E-state index is 0.281. The topological polar surface area (TPSA) is 21.3 Å². The molecule has 0 aliphatic carbocycles. The lowest BCUT2D eigenvalue weighted by molar-refractivity contribution is -0.186. The first-order valence-electron chi connectivity index (χ1n) is 6.70. The number of ether oxygens (including phenoxy) is 1. The van der Waals surface area contributed by atoms with Crippen LogP contribution in [0.15, 0.2) is 42.5 Å². The van der Waals surface area contributed by atoms with Crippen molar-refractivity contribution in [3.8, 4) is 5.75 Å². The van der Waals surface area contributed by atoms with Gasteiger partial charge < -0.3 is 10.1 Å². The predicted molar refractivity (Wildman–Crippen MR) is 75.3 cm³/mol. The second-order valence-electron chi connectivity index (χ2n) is 4.87. The minimum Gasteiger partial charge on any atom is -0.431 e. The highest BCUT2D eigenvalue weighted by Gasteiger charge is 2.32. The van der Waals surface area contributed by atoms with E-state index in [2.05, 4.69) is 10.1 Å². The van der Waals surface area contributed by atoms with Gasteiger partial charge in [-0.2, -0.15) is 8.78 Å². The lowest BCUT2D eigenvalue weighted by atomic mass is 9.98. The highest BCUT2D eigenvalue weighted by molar-refractivity contribution is 5.37. The Bertz CT molecular complexity index is 660. The second kappa shape index (κ2) is 6.95. The van der Waals surface area contributed by atoms with E-state index in [0.29, 0.717) is 5.56 Å². The molecule has 0 saturated heterocycles. The first-order chi connectivity index (χ1) is 10.8. The Kier molecular flexibility index (Phi) is 5.20. The van der Waals surface area contributed by atoms with Gasteiger partial charge in [-0.05, 0) is 42.4 Å². The van der Waals surface area contributed by atoms with Gasteiger partial charge in [0.1, 0.15) is 17.4 Å². The van der Waals surface area contributed by atoms with Crippen LogP contribution in [0.2, 0.25) is 0 Å². The molecule has 2 aromatic carbocycles. The molecular weight excluding hydrogens is 317 g/mol. The fourth-order valence-electron chi connectivity index (χ4n) is 2.19. The average molecular weight is 331 g/mol. The van der Waals surface area contributed by atoms with Crippen LogP contribution in [0.5, 0.6) is 5.75 Å². The number of hydrogen-bond acceptors (Lipinski definition) is 2. The van der Waals surface area contributed by atoms with Crippen LogP contribution < -0.4 is 10.1 Å². The van der Waals surface area contributed by atoms with Crippen LogP contribution >= 0.6 is 0 Å². The zero-order valence-corrected chi connectivity index (χ0v) is 12.1. The zero-order valence-electron chi connectivity index (χ0n) is 12.1. The number of hydrogen-bond donors (Lipinski definition) is 1. The highest BCUT2D eigenvalue weighted by atomic mass is 19.3. The molecule has 0 bridgehead atoms. The van der Waals surface area contributed by atoms with Gasteiger partial charge in [-0.25, -0.2) is 13.2 Å². The number of rotatable bonds is 6. The number of alkyl halides is 3. The first kappa shape index (κ1) is 17.2. The Labute approximate surface area is 129 Å². The van der Waals surface area contributed by atoms with Crippen molar-refractivity contribution in [2.24, 2.45) is 0 Å². The van der Waals surface area contributed by atoms with Gasteiger partial charge in [0, 0.05) is 6.07 Å². The van der Waals surface area contributed by atoms with Crippen LogP contribution in [0.25, 0.3) is 0 Å². The van der Waals surface area contributed by atoms with E-state index in [0.717, 1.165) is 12.1 Å². The van der Waals surface area contributed by atoms with Gasteiger partial charge in [-0.1, -0.05) is 12.1 Å². The average Bonchev–Trinajstić information content (AvgIpc) is 2.49. The fourth-order valence-corrected chi connectivity index (χ4v) is 2.19. The molecule has 0 aromatic heterocycles. The molecule has 0 heterocycles. The zero-order chi connectivity index (χ0) is 17.0. The molecule has 0 aliphatic rings. The normalized spacial score (nSPS) is 13.0. The summed E-state index contributed by atoms with van der Waals surface area (Å²) in [6, 6.07) is 7.90. The van der Waals surface area contributed by atoms with Crippen molar-refractivity contribution in [3.63, 3.8) is 0 Å². The molecule has 0 saturated carbocycles. The maximum absolute atomic E-state index is 13.7. The molecule has 0 fully saturated rings. The Balaban J connectivity index is 2.37. The molecule has 1 atom stereocenters. The van der Waals surface area contributed by atoms with E-state index in [-0.39, 0.29) is 5.56 Å². The highest BCUT2D eigenvalue weighted by Crippen LogP contribution is 2.29. The van der Waals surface area contributed by atoms with E-state index in [9.17, 15) is 22.0 Å². The van der Waals surface area contributed by atoms with Crippen LogP contribution in [0.4, 0.5) is 22.0 Å².